The Morgan fingerprint density at radius 3 is 2.39 bits per heavy atom. The highest BCUT2D eigenvalue weighted by Crippen LogP contribution is 2.48. The molecule has 0 unspecified atom stereocenters. The van der Waals surface area contributed by atoms with Gasteiger partial charge in [0.15, 0.2) is 0 Å². The number of rotatable bonds is 4. The van der Waals surface area contributed by atoms with Crippen molar-refractivity contribution < 1.29 is 9.47 Å². The summed E-state index contributed by atoms with van der Waals surface area (Å²) in [6.07, 6.45) is 4.73. The summed E-state index contributed by atoms with van der Waals surface area (Å²) in [5, 5.41) is 0. The van der Waals surface area contributed by atoms with Crippen molar-refractivity contribution in [3.05, 3.63) is 22.2 Å². The number of hydrogen-bond acceptors (Lipinski definition) is 3. The highest BCUT2D eigenvalue weighted by molar-refractivity contribution is 9.10. The molecule has 1 aliphatic carbocycles. The molecule has 0 spiro atoms. The summed E-state index contributed by atoms with van der Waals surface area (Å²) < 4.78 is 11.9. The van der Waals surface area contributed by atoms with E-state index in [-0.39, 0.29) is 5.41 Å². The zero-order valence-electron chi connectivity index (χ0n) is 11.0. The van der Waals surface area contributed by atoms with Crippen molar-refractivity contribution in [2.75, 3.05) is 20.8 Å². The van der Waals surface area contributed by atoms with Crippen LogP contribution in [0.1, 0.15) is 31.2 Å². The monoisotopic (exact) mass is 313 g/mol. The summed E-state index contributed by atoms with van der Waals surface area (Å²) in [6.45, 7) is 0.661. The normalized spacial score (nSPS) is 17.8. The van der Waals surface area contributed by atoms with Crippen LogP contribution in [0.5, 0.6) is 11.5 Å². The van der Waals surface area contributed by atoms with Crippen LogP contribution in [0.15, 0.2) is 16.6 Å². The van der Waals surface area contributed by atoms with Crippen molar-refractivity contribution in [3.8, 4) is 11.5 Å². The van der Waals surface area contributed by atoms with Gasteiger partial charge in [0.2, 0.25) is 0 Å². The Bertz CT molecular complexity index is 428. The minimum atomic E-state index is 0.0520. The molecule has 0 amide bonds. The largest absolute Gasteiger partial charge is 0.497 e. The molecule has 0 radical (unpaired) electrons. The van der Waals surface area contributed by atoms with E-state index in [4.69, 9.17) is 15.2 Å². The maximum atomic E-state index is 6.06. The topological polar surface area (TPSA) is 44.5 Å². The SMILES string of the molecule is COc1cc(Br)c(C2(CN)CCCC2)c(OC)c1. The van der Waals surface area contributed by atoms with Crippen LogP contribution in [0.4, 0.5) is 0 Å². The van der Waals surface area contributed by atoms with Crippen molar-refractivity contribution >= 4 is 15.9 Å². The second-order valence-corrected chi connectivity index (χ2v) is 5.73. The highest BCUT2D eigenvalue weighted by atomic mass is 79.9. The molecule has 1 aromatic rings. The fraction of sp³-hybridized carbons (Fsp3) is 0.571. The van der Waals surface area contributed by atoms with E-state index in [1.165, 1.54) is 18.4 Å². The van der Waals surface area contributed by atoms with Gasteiger partial charge >= 0.3 is 0 Å². The summed E-state index contributed by atoms with van der Waals surface area (Å²) in [5.74, 6) is 1.67. The molecule has 0 heterocycles. The average molecular weight is 314 g/mol. The van der Waals surface area contributed by atoms with Crippen molar-refractivity contribution in [3.63, 3.8) is 0 Å². The zero-order valence-corrected chi connectivity index (χ0v) is 12.5. The van der Waals surface area contributed by atoms with Crippen molar-refractivity contribution in [1.29, 1.82) is 0 Å². The maximum Gasteiger partial charge on any atom is 0.127 e. The average Bonchev–Trinajstić information content (AvgIpc) is 2.87. The van der Waals surface area contributed by atoms with Crippen molar-refractivity contribution in [1.82, 2.24) is 0 Å². The Balaban J connectivity index is 2.55. The van der Waals surface area contributed by atoms with Gasteiger partial charge in [-0.1, -0.05) is 28.8 Å². The van der Waals surface area contributed by atoms with E-state index >= 15 is 0 Å². The Morgan fingerprint density at radius 1 is 1.22 bits per heavy atom. The standard InChI is InChI=1S/C14H20BrNO2/c1-17-10-7-11(15)13(12(8-10)18-2)14(9-16)5-3-4-6-14/h7-8H,3-6,9,16H2,1-2H3. The van der Waals surface area contributed by atoms with Crippen molar-refractivity contribution in [2.24, 2.45) is 5.73 Å². The van der Waals surface area contributed by atoms with Crippen LogP contribution in [0.2, 0.25) is 0 Å². The maximum absolute atomic E-state index is 6.06. The van der Waals surface area contributed by atoms with E-state index in [0.717, 1.165) is 28.8 Å². The van der Waals surface area contributed by atoms with Crippen molar-refractivity contribution in [2.45, 2.75) is 31.1 Å². The molecule has 0 aliphatic heterocycles. The van der Waals surface area contributed by atoms with Gasteiger partial charge in [0, 0.05) is 28.1 Å². The molecular formula is C14H20BrNO2. The molecule has 100 valence electrons. The van der Waals surface area contributed by atoms with Gasteiger partial charge < -0.3 is 15.2 Å². The summed E-state index contributed by atoms with van der Waals surface area (Å²) in [4.78, 5) is 0. The first-order valence-electron chi connectivity index (χ1n) is 6.29. The summed E-state index contributed by atoms with van der Waals surface area (Å²) in [5.41, 5.74) is 7.31. The first-order chi connectivity index (χ1) is 8.66. The third-order valence-electron chi connectivity index (χ3n) is 3.96. The molecule has 3 nitrogen and oxygen atoms in total. The molecule has 0 atom stereocenters. The van der Waals surface area contributed by atoms with E-state index in [1.807, 2.05) is 12.1 Å². The minimum Gasteiger partial charge on any atom is -0.497 e. The lowest BCUT2D eigenvalue weighted by Gasteiger charge is -2.31. The molecule has 18 heavy (non-hydrogen) atoms. The molecule has 1 aromatic carbocycles. The molecule has 1 aliphatic rings. The predicted octanol–water partition coefficient (Wildman–Crippen LogP) is 3.24. The van der Waals surface area contributed by atoms with Gasteiger partial charge in [-0.05, 0) is 18.9 Å². The van der Waals surface area contributed by atoms with Gasteiger partial charge in [0.1, 0.15) is 11.5 Å². The van der Waals surface area contributed by atoms with Gasteiger partial charge in [0.25, 0.3) is 0 Å². The lowest BCUT2D eigenvalue weighted by atomic mass is 9.78. The number of ether oxygens (including phenoxy) is 2. The van der Waals surface area contributed by atoms with Crippen LogP contribution in [0.25, 0.3) is 0 Å². The third kappa shape index (κ3) is 2.24. The number of halogens is 1. The molecule has 2 rings (SSSR count). The Labute approximate surface area is 117 Å². The van der Waals surface area contributed by atoms with Gasteiger partial charge in [-0.15, -0.1) is 0 Å². The van der Waals surface area contributed by atoms with Gasteiger partial charge in [-0.25, -0.2) is 0 Å². The lowest BCUT2D eigenvalue weighted by Crippen LogP contribution is -2.32. The molecule has 1 saturated carbocycles. The third-order valence-corrected chi connectivity index (χ3v) is 4.59. The lowest BCUT2D eigenvalue weighted by molar-refractivity contribution is 0.367. The molecule has 1 fully saturated rings. The summed E-state index contributed by atoms with van der Waals surface area (Å²) in [6, 6.07) is 3.93. The summed E-state index contributed by atoms with van der Waals surface area (Å²) >= 11 is 3.65. The quantitative estimate of drug-likeness (QED) is 0.928. The van der Waals surface area contributed by atoms with E-state index < -0.39 is 0 Å². The van der Waals surface area contributed by atoms with Gasteiger partial charge in [-0.2, -0.15) is 0 Å². The van der Waals surface area contributed by atoms with E-state index in [1.54, 1.807) is 14.2 Å². The second-order valence-electron chi connectivity index (χ2n) is 4.88. The van der Waals surface area contributed by atoms with E-state index in [0.29, 0.717) is 6.54 Å². The smallest absolute Gasteiger partial charge is 0.127 e. The molecule has 4 heteroatoms. The first kappa shape index (κ1) is 13.7. The number of benzene rings is 1. The summed E-state index contributed by atoms with van der Waals surface area (Å²) in [7, 11) is 3.36. The van der Waals surface area contributed by atoms with Gasteiger partial charge in [0.05, 0.1) is 14.2 Å². The van der Waals surface area contributed by atoms with Crippen LogP contribution in [0, 0.1) is 0 Å². The zero-order chi connectivity index (χ0) is 13.2. The molecule has 2 N–H and O–H groups in total. The second kappa shape index (κ2) is 5.49. The number of hydrogen-bond donors (Lipinski definition) is 1. The predicted molar refractivity (Wildman–Crippen MR) is 76.4 cm³/mol. The van der Waals surface area contributed by atoms with Crippen LogP contribution in [0.3, 0.4) is 0 Å². The fourth-order valence-electron chi connectivity index (χ4n) is 2.96. The number of methoxy groups -OCH3 is 2. The minimum absolute atomic E-state index is 0.0520. The van der Waals surface area contributed by atoms with Crippen LogP contribution in [-0.2, 0) is 5.41 Å². The van der Waals surface area contributed by atoms with Crippen LogP contribution >= 0.6 is 15.9 Å². The van der Waals surface area contributed by atoms with Crippen LogP contribution < -0.4 is 15.2 Å². The highest BCUT2D eigenvalue weighted by Gasteiger charge is 2.38. The van der Waals surface area contributed by atoms with Gasteiger partial charge in [-0.3, -0.25) is 0 Å². The molecule has 0 saturated heterocycles. The molecular weight excluding hydrogens is 294 g/mol. The number of nitrogens with two attached hydrogens (primary N) is 1. The Hall–Kier alpha value is -0.740. The van der Waals surface area contributed by atoms with E-state index in [2.05, 4.69) is 15.9 Å². The van der Waals surface area contributed by atoms with Crippen LogP contribution in [-0.4, -0.2) is 20.8 Å². The molecule has 0 aromatic heterocycles. The fourth-order valence-corrected chi connectivity index (χ4v) is 3.80. The first-order valence-corrected chi connectivity index (χ1v) is 7.08. The molecule has 0 bridgehead atoms. The Morgan fingerprint density at radius 2 is 1.89 bits per heavy atom. The Kier molecular flexibility index (Phi) is 4.17. The van der Waals surface area contributed by atoms with E-state index in [9.17, 15) is 0 Å².